The zero-order valence-corrected chi connectivity index (χ0v) is 16.5. The molecule has 2 aromatic carbocycles. The van der Waals surface area contributed by atoms with Gasteiger partial charge in [-0.3, -0.25) is 9.59 Å². The molecular formula is C22H25N3O2S. The average molecular weight is 396 g/mol. The lowest BCUT2D eigenvalue weighted by atomic mass is 9.87. The van der Waals surface area contributed by atoms with Gasteiger partial charge in [0, 0.05) is 21.9 Å². The molecule has 3 atom stereocenters. The van der Waals surface area contributed by atoms with E-state index in [1.165, 1.54) is 6.42 Å². The van der Waals surface area contributed by atoms with Crippen LogP contribution in [-0.4, -0.2) is 29.9 Å². The number of para-hydroxylation sites is 1. The number of benzene rings is 2. The second-order valence-electron chi connectivity index (χ2n) is 7.39. The van der Waals surface area contributed by atoms with Gasteiger partial charge in [-0.25, -0.2) is 0 Å². The number of piperazine rings is 1. The fourth-order valence-corrected chi connectivity index (χ4v) is 4.86. The van der Waals surface area contributed by atoms with E-state index < -0.39 is 6.04 Å². The largest absolute Gasteiger partial charge is 0.350 e. The Labute approximate surface area is 169 Å². The van der Waals surface area contributed by atoms with Gasteiger partial charge in [0.25, 0.3) is 0 Å². The summed E-state index contributed by atoms with van der Waals surface area (Å²) in [5, 5.41) is 9.49. The van der Waals surface area contributed by atoms with Crippen LogP contribution in [0.4, 0.5) is 5.69 Å². The molecule has 5 nitrogen and oxygen atoms in total. The van der Waals surface area contributed by atoms with Gasteiger partial charge in [0.05, 0.1) is 18.2 Å². The van der Waals surface area contributed by atoms with E-state index in [0.29, 0.717) is 0 Å². The Morgan fingerprint density at radius 1 is 1.00 bits per heavy atom. The molecule has 1 saturated heterocycles. The molecule has 2 amide bonds. The first-order valence-electron chi connectivity index (χ1n) is 9.87. The molecule has 2 aliphatic rings. The number of nitrogens with one attached hydrogen (secondary N) is 3. The lowest BCUT2D eigenvalue weighted by molar-refractivity contribution is -0.129. The van der Waals surface area contributed by atoms with Crippen molar-refractivity contribution in [2.24, 2.45) is 0 Å². The zero-order valence-electron chi connectivity index (χ0n) is 15.7. The monoisotopic (exact) mass is 395 g/mol. The summed E-state index contributed by atoms with van der Waals surface area (Å²) in [5.41, 5.74) is 0.771. The quantitative estimate of drug-likeness (QED) is 0.724. The van der Waals surface area contributed by atoms with Crippen molar-refractivity contribution in [1.82, 2.24) is 10.6 Å². The third kappa shape index (κ3) is 4.56. The summed E-state index contributed by atoms with van der Waals surface area (Å²) < 4.78 is 0. The summed E-state index contributed by atoms with van der Waals surface area (Å²) in [7, 11) is 0. The molecule has 2 aromatic rings. The van der Waals surface area contributed by atoms with E-state index in [1.54, 1.807) is 11.8 Å². The van der Waals surface area contributed by atoms with Crippen LogP contribution >= 0.6 is 11.8 Å². The molecule has 0 radical (unpaired) electrons. The zero-order chi connectivity index (χ0) is 19.3. The molecule has 0 unspecified atom stereocenters. The van der Waals surface area contributed by atoms with Gasteiger partial charge in [0.15, 0.2) is 0 Å². The maximum Gasteiger partial charge on any atom is 0.237 e. The maximum absolute atomic E-state index is 12.7. The van der Waals surface area contributed by atoms with Crippen LogP contribution < -0.4 is 16.0 Å². The summed E-state index contributed by atoms with van der Waals surface area (Å²) in [6, 6.07) is 17.8. The van der Waals surface area contributed by atoms with Crippen molar-refractivity contribution < 1.29 is 9.59 Å². The van der Waals surface area contributed by atoms with Gasteiger partial charge >= 0.3 is 0 Å². The molecular weight excluding hydrogens is 370 g/mol. The Hall–Kier alpha value is -2.31. The fourth-order valence-electron chi connectivity index (χ4n) is 3.93. The third-order valence-corrected chi connectivity index (χ3v) is 6.43. The lowest BCUT2D eigenvalue weighted by Crippen LogP contribution is -2.65. The van der Waals surface area contributed by atoms with Crippen molar-refractivity contribution in [1.29, 1.82) is 0 Å². The summed E-state index contributed by atoms with van der Waals surface area (Å²) in [6.45, 7) is 0. The summed E-state index contributed by atoms with van der Waals surface area (Å²) in [6.07, 6.45) is 4.54. The predicted molar refractivity (Wildman–Crippen MR) is 111 cm³/mol. The van der Waals surface area contributed by atoms with Crippen molar-refractivity contribution in [3.05, 3.63) is 54.6 Å². The highest BCUT2D eigenvalue weighted by Gasteiger charge is 2.37. The molecule has 6 heteroatoms. The summed E-state index contributed by atoms with van der Waals surface area (Å²) in [5.74, 6) is -0.215. The Kier molecular flexibility index (Phi) is 5.98. The first-order chi connectivity index (χ1) is 13.7. The SMILES string of the molecule is O=C(C[C@@H]1N[C@H]2CCCC[C@@H]2NC1=O)Nc1ccccc1Sc1ccccc1. The molecule has 1 saturated carbocycles. The number of hydrogen-bond donors (Lipinski definition) is 3. The predicted octanol–water partition coefficient (Wildman–Crippen LogP) is 3.57. The van der Waals surface area contributed by atoms with Crippen LogP contribution in [0.1, 0.15) is 32.1 Å². The molecule has 2 fully saturated rings. The van der Waals surface area contributed by atoms with Crippen molar-refractivity contribution in [3.63, 3.8) is 0 Å². The molecule has 3 N–H and O–H groups in total. The van der Waals surface area contributed by atoms with Gasteiger partial charge in [-0.05, 0) is 37.1 Å². The normalized spacial score (nSPS) is 24.1. The molecule has 1 aliphatic carbocycles. The summed E-state index contributed by atoms with van der Waals surface area (Å²) >= 11 is 1.61. The second-order valence-corrected chi connectivity index (χ2v) is 8.50. The van der Waals surface area contributed by atoms with Crippen molar-refractivity contribution in [3.8, 4) is 0 Å². The number of rotatable bonds is 5. The first kappa shape index (κ1) is 19.0. The van der Waals surface area contributed by atoms with Gasteiger partial charge < -0.3 is 16.0 Å². The highest BCUT2D eigenvalue weighted by molar-refractivity contribution is 7.99. The van der Waals surface area contributed by atoms with Crippen LogP contribution in [0.25, 0.3) is 0 Å². The standard InChI is InChI=1S/C22H25N3O2S/c26-21(14-19-22(27)25-17-11-5-4-10-16(17)23-19)24-18-12-6-7-13-20(18)28-15-8-2-1-3-9-15/h1-3,6-9,12-13,16-17,19,23H,4-5,10-11,14H2,(H,24,26)(H,25,27)/t16-,17-,19-/m0/s1. The minimum absolute atomic E-state index is 0.0646. The second kappa shape index (κ2) is 8.80. The fraction of sp³-hybridized carbons (Fsp3) is 0.364. The van der Waals surface area contributed by atoms with Crippen LogP contribution in [0.3, 0.4) is 0 Å². The van der Waals surface area contributed by atoms with Crippen LogP contribution in [-0.2, 0) is 9.59 Å². The van der Waals surface area contributed by atoms with E-state index in [0.717, 1.165) is 34.7 Å². The highest BCUT2D eigenvalue weighted by atomic mass is 32.2. The van der Waals surface area contributed by atoms with E-state index in [4.69, 9.17) is 0 Å². The molecule has 1 aliphatic heterocycles. The topological polar surface area (TPSA) is 70.2 Å². The van der Waals surface area contributed by atoms with Gasteiger partial charge in [-0.15, -0.1) is 0 Å². The van der Waals surface area contributed by atoms with E-state index in [2.05, 4.69) is 16.0 Å². The van der Waals surface area contributed by atoms with Gasteiger partial charge in [-0.1, -0.05) is 54.9 Å². The Bertz CT molecular complexity index is 843. The maximum atomic E-state index is 12.7. The van der Waals surface area contributed by atoms with E-state index >= 15 is 0 Å². The van der Waals surface area contributed by atoms with E-state index in [9.17, 15) is 9.59 Å². The third-order valence-electron chi connectivity index (χ3n) is 5.35. The number of fused-ring (bicyclic) bond motifs is 1. The molecule has 0 aromatic heterocycles. The van der Waals surface area contributed by atoms with Crippen molar-refractivity contribution in [2.45, 2.75) is 60.0 Å². The molecule has 28 heavy (non-hydrogen) atoms. The van der Waals surface area contributed by atoms with E-state index in [1.807, 2.05) is 54.6 Å². The van der Waals surface area contributed by atoms with Crippen LogP contribution in [0.5, 0.6) is 0 Å². The minimum Gasteiger partial charge on any atom is -0.350 e. The number of amides is 2. The molecule has 0 spiro atoms. The Morgan fingerprint density at radius 2 is 1.71 bits per heavy atom. The average Bonchev–Trinajstić information content (AvgIpc) is 2.71. The van der Waals surface area contributed by atoms with Gasteiger partial charge in [0.2, 0.25) is 11.8 Å². The van der Waals surface area contributed by atoms with Crippen molar-refractivity contribution in [2.75, 3.05) is 5.32 Å². The molecule has 146 valence electrons. The Morgan fingerprint density at radius 3 is 2.54 bits per heavy atom. The smallest absolute Gasteiger partial charge is 0.237 e. The molecule has 4 rings (SSSR count). The van der Waals surface area contributed by atoms with Crippen molar-refractivity contribution >= 4 is 29.3 Å². The number of carbonyl (C=O) groups is 2. The number of carbonyl (C=O) groups excluding carboxylic acids is 2. The summed E-state index contributed by atoms with van der Waals surface area (Å²) in [4.78, 5) is 27.1. The van der Waals surface area contributed by atoms with Crippen LogP contribution in [0, 0.1) is 0 Å². The van der Waals surface area contributed by atoms with Crippen LogP contribution in [0.2, 0.25) is 0 Å². The van der Waals surface area contributed by atoms with E-state index in [-0.39, 0.29) is 30.3 Å². The van der Waals surface area contributed by atoms with Crippen LogP contribution in [0.15, 0.2) is 64.4 Å². The Balaban J connectivity index is 1.39. The van der Waals surface area contributed by atoms with Gasteiger partial charge in [-0.2, -0.15) is 0 Å². The molecule has 0 bridgehead atoms. The lowest BCUT2D eigenvalue weighted by Gasteiger charge is -2.40. The minimum atomic E-state index is -0.465. The number of anilines is 1. The molecule has 1 heterocycles. The van der Waals surface area contributed by atoms with Gasteiger partial charge in [0.1, 0.15) is 0 Å². The first-order valence-corrected chi connectivity index (χ1v) is 10.7. The highest BCUT2D eigenvalue weighted by Crippen LogP contribution is 2.33. The number of hydrogen-bond acceptors (Lipinski definition) is 4.